The van der Waals surface area contributed by atoms with Crippen LogP contribution < -0.4 is 5.32 Å². The average molecular weight is 225 g/mol. The maximum atomic E-state index is 5.29. The summed E-state index contributed by atoms with van der Waals surface area (Å²) in [5.74, 6) is 0. The first-order valence-corrected chi connectivity index (χ1v) is 5.76. The van der Waals surface area contributed by atoms with Crippen LogP contribution in [0, 0.1) is 6.92 Å². The predicted octanol–water partition coefficient (Wildman–Crippen LogP) is 1.28. The standard InChI is InChI=1S/C12H23N3O/c1-9-6-12(15(4)14-9)8-11(13-3)7-10(2)16-5/h6,10-11,13H,7-8H2,1-5H3. The number of nitrogens with zero attached hydrogens (tertiary/aromatic N) is 2. The van der Waals surface area contributed by atoms with Crippen molar-refractivity contribution in [3.63, 3.8) is 0 Å². The molecule has 16 heavy (non-hydrogen) atoms. The lowest BCUT2D eigenvalue weighted by Crippen LogP contribution is -2.32. The van der Waals surface area contributed by atoms with Crippen molar-refractivity contribution in [1.29, 1.82) is 0 Å². The van der Waals surface area contributed by atoms with Crippen LogP contribution in [0.25, 0.3) is 0 Å². The molecule has 1 rings (SSSR count). The van der Waals surface area contributed by atoms with Crippen LogP contribution >= 0.6 is 0 Å². The largest absolute Gasteiger partial charge is 0.382 e. The van der Waals surface area contributed by atoms with Crippen molar-refractivity contribution in [2.75, 3.05) is 14.2 Å². The molecule has 0 bridgehead atoms. The molecule has 0 aromatic carbocycles. The van der Waals surface area contributed by atoms with Gasteiger partial charge in [-0.3, -0.25) is 4.68 Å². The van der Waals surface area contributed by atoms with E-state index in [2.05, 4.69) is 23.4 Å². The molecule has 0 amide bonds. The van der Waals surface area contributed by atoms with E-state index in [9.17, 15) is 0 Å². The number of ether oxygens (including phenoxy) is 1. The van der Waals surface area contributed by atoms with Gasteiger partial charge >= 0.3 is 0 Å². The maximum absolute atomic E-state index is 5.29. The van der Waals surface area contributed by atoms with E-state index in [1.54, 1.807) is 7.11 Å². The van der Waals surface area contributed by atoms with E-state index in [-0.39, 0.29) is 6.10 Å². The van der Waals surface area contributed by atoms with Crippen LogP contribution in [0.5, 0.6) is 0 Å². The summed E-state index contributed by atoms with van der Waals surface area (Å²) in [7, 11) is 5.75. The minimum atomic E-state index is 0.284. The van der Waals surface area contributed by atoms with Crippen molar-refractivity contribution >= 4 is 0 Å². The van der Waals surface area contributed by atoms with Crippen LogP contribution in [0.15, 0.2) is 6.07 Å². The zero-order valence-corrected chi connectivity index (χ0v) is 10.9. The van der Waals surface area contributed by atoms with Crippen LogP contribution in [0.2, 0.25) is 0 Å². The molecule has 0 saturated carbocycles. The normalized spacial score (nSPS) is 15.1. The van der Waals surface area contributed by atoms with Crippen molar-refractivity contribution in [3.8, 4) is 0 Å². The molecule has 1 aromatic heterocycles. The van der Waals surface area contributed by atoms with Gasteiger partial charge in [0.05, 0.1) is 11.8 Å². The van der Waals surface area contributed by atoms with Crippen LogP contribution in [0.1, 0.15) is 24.7 Å². The highest BCUT2D eigenvalue weighted by atomic mass is 16.5. The zero-order valence-electron chi connectivity index (χ0n) is 10.9. The Labute approximate surface area is 98.0 Å². The second kappa shape index (κ2) is 6.01. The quantitative estimate of drug-likeness (QED) is 0.793. The molecule has 0 spiro atoms. The van der Waals surface area contributed by atoms with E-state index in [1.807, 2.05) is 25.7 Å². The summed E-state index contributed by atoms with van der Waals surface area (Å²) in [4.78, 5) is 0. The Morgan fingerprint density at radius 1 is 1.56 bits per heavy atom. The van der Waals surface area contributed by atoms with Crippen molar-refractivity contribution in [2.24, 2.45) is 7.05 Å². The Morgan fingerprint density at radius 2 is 2.25 bits per heavy atom. The molecule has 92 valence electrons. The fraction of sp³-hybridized carbons (Fsp3) is 0.750. The second-order valence-corrected chi connectivity index (χ2v) is 4.37. The number of rotatable bonds is 6. The van der Waals surface area contributed by atoms with Crippen molar-refractivity contribution in [3.05, 3.63) is 17.5 Å². The summed E-state index contributed by atoms with van der Waals surface area (Å²) in [6.45, 7) is 4.12. The van der Waals surface area contributed by atoms with E-state index < -0.39 is 0 Å². The van der Waals surface area contributed by atoms with Gasteiger partial charge in [-0.05, 0) is 33.4 Å². The first kappa shape index (κ1) is 13.2. The fourth-order valence-electron chi connectivity index (χ4n) is 1.91. The molecule has 4 nitrogen and oxygen atoms in total. The maximum Gasteiger partial charge on any atom is 0.0596 e. The van der Waals surface area contributed by atoms with Crippen molar-refractivity contribution in [1.82, 2.24) is 15.1 Å². The number of hydrogen-bond donors (Lipinski definition) is 1. The SMILES string of the molecule is CNC(Cc1cc(C)nn1C)CC(C)OC. The molecule has 0 radical (unpaired) electrons. The molecule has 4 heteroatoms. The Kier molecular flexibility index (Phi) is 4.96. The first-order chi connectivity index (χ1) is 7.56. The van der Waals surface area contributed by atoms with Crippen molar-refractivity contribution in [2.45, 2.75) is 38.8 Å². The van der Waals surface area contributed by atoms with Gasteiger partial charge in [0.25, 0.3) is 0 Å². The van der Waals surface area contributed by atoms with Gasteiger partial charge in [-0.15, -0.1) is 0 Å². The van der Waals surface area contributed by atoms with Gasteiger partial charge in [0.2, 0.25) is 0 Å². The molecule has 2 unspecified atom stereocenters. The molecule has 2 atom stereocenters. The summed E-state index contributed by atoms with van der Waals surface area (Å²) >= 11 is 0. The second-order valence-electron chi connectivity index (χ2n) is 4.37. The van der Waals surface area contributed by atoms with Gasteiger partial charge < -0.3 is 10.1 Å². The van der Waals surface area contributed by atoms with Gasteiger partial charge in [0, 0.05) is 32.3 Å². The molecule has 1 N–H and O–H groups in total. The van der Waals surface area contributed by atoms with E-state index in [0.29, 0.717) is 6.04 Å². The summed E-state index contributed by atoms with van der Waals surface area (Å²) in [5.41, 5.74) is 2.34. The summed E-state index contributed by atoms with van der Waals surface area (Å²) in [6, 6.07) is 2.58. The topological polar surface area (TPSA) is 39.1 Å². The Bertz CT molecular complexity index is 322. The third-order valence-electron chi connectivity index (χ3n) is 2.98. The highest BCUT2D eigenvalue weighted by Crippen LogP contribution is 2.10. The van der Waals surface area contributed by atoms with E-state index in [4.69, 9.17) is 4.74 Å². The summed E-state index contributed by atoms with van der Waals surface area (Å²) < 4.78 is 7.25. The third-order valence-corrected chi connectivity index (χ3v) is 2.98. The van der Waals surface area contributed by atoms with Gasteiger partial charge in [-0.2, -0.15) is 5.10 Å². The van der Waals surface area contributed by atoms with Gasteiger partial charge in [0.15, 0.2) is 0 Å². The minimum absolute atomic E-state index is 0.284. The highest BCUT2D eigenvalue weighted by molar-refractivity contribution is 5.10. The number of likely N-dealkylation sites (N-methyl/N-ethyl adjacent to an activating group) is 1. The Hall–Kier alpha value is -0.870. The lowest BCUT2D eigenvalue weighted by molar-refractivity contribution is 0.101. The molecule has 0 aliphatic carbocycles. The number of aromatic nitrogens is 2. The average Bonchev–Trinajstić information content (AvgIpc) is 2.56. The van der Waals surface area contributed by atoms with E-state index >= 15 is 0 Å². The lowest BCUT2D eigenvalue weighted by Gasteiger charge is -2.19. The number of nitrogens with one attached hydrogen (secondary N) is 1. The van der Waals surface area contributed by atoms with Crippen LogP contribution in [0.3, 0.4) is 0 Å². The molecule has 1 aromatic rings. The zero-order chi connectivity index (χ0) is 12.1. The predicted molar refractivity (Wildman–Crippen MR) is 65.6 cm³/mol. The fourth-order valence-corrected chi connectivity index (χ4v) is 1.91. The third kappa shape index (κ3) is 3.61. The molecular formula is C12H23N3O. The van der Waals surface area contributed by atoms with Crippen LogP contribution in [-0.2, 0) is 18.2 Å². The van der Waals surface area contributed by atoms with Gasteiger partial charge in [0.1, 0.15) is 0 Å². The lowest BCUT2D eigenvalue weighted by atomic mass is 10.0. The molecule has 0 aliphatic rings. The van der Waals surface area contributed by atoms with Gasteiger partial charge in [-0.1, -0.05) is 0 Å². The molecule has 1 heterocycles. The Morgan fingerprint density at radius 3 is 2.69 bits per heavy atom. The molecule has 0 saturated heterocycles. The molecule has 0 fully saturated rings. The number of hydrogen-bond acceptors (Lipinski definition) is 3. The number of aryl methyl sites for hydroxylation is 2. The highest BCUT2D eigenvalue weighted by Gasteiger charge is 2.14. The minimum Gasteiger partial charge on any atom is -0.382 e. The van der Waals surface area contributed by atoms with Crippen molar-refractivity contribution < 1.29 is 4.74 Å². The van der Waals surface area contributed by atoms with Crippen LogP contribution in [-0.4, -0.2) is 36.1 Å². The Balaban J connectivity index is 2.59. The van der Waals surface area contributed by atoms with Crippen LogP contribution in [0.4, 0.5) is 0 Å². The monoisotopic (exact) mass is 225 g/mol. The van der Waals surface area contributed by atoms with Gasteiger partial charge in [-0.25, -0.2) is 0 Å². The smallest absolute Gasteiger partial charge is 0.0596 e. The first-order valence-electron chi connectivity index (χ1n) is 5.76. The number of methoxy groups -OCH3 is 1. The molecular weight excluding hydrogens is 202 g/mol. The van der Waals surface area contributed by atoms with E-state index in [1.165, 1.54) is 5.69 Å². The summed E-state index contributed by atoms with van der Waals surface area (Å²) in [5, 5.41) is 7.69. The summed E-state index contributed by atoms with van der Waals surface area (Å²) in [6.07, 6.45) is 2.28. The van der Waals surface area contributed by atoms with E-state index in [0.717, 1.165) is 18.5 Å². The molecule has 0 aliphatic heterocycles.